The van der Waals surface area contributed by atoms with Gasteiger partial charge in [0.15, 0.2) is 11.5 Å². The van der Waals surface area contributed by atoms with Crippen molar-refractivity contribution in [2.75, 3.05) is 11.9 Å². The fourth-order valence-corrected chi connectivity index (χ4v) is 2.87. The van der Waals surface area contributed by atoms with Crippen molar-refractivity contribution in [1.82, 2.24) is 19.5 Å². The smallest absolute Gasteiger partial charge is 0.165 e. The van der Waals surface area contributed by atoms with E-state index in [1.807, 2.05) is 18.2 Å². The number of imidazole rings is 1. The predicted octanol–water partition coefficient (Wildman–Crippen LogP) is 1.40. The Morgan fingerprint density at radius 2 is 2.13 bits per heavy atom. The fraction of sp³-hybridized carbons (Fsp3) is 0.267. The van der Waals surface area contributed by atoms with Crippen LogP contribution in [0.5, 0.6) is 0 Å². The highest BCUT2D eigenvalue weighted by atomic mass is 127. The van der Waals surface area contributed by atoms with E-state index >= 15 is 0 Å². The number of rotatable bonds is 6. The van der Waals surface area contributed by atoms with Gasteiger partial charge in [0.05, 0.1) is 25.6 Å². The number of anilines is 1. The third kappa shape index (κ3) is 3.77. The molecule has 3 N–H and O–H groups in total. The molecule has 3 rings (SSSR count). The first-order valence-electron chi connectivity index (χ1n) is 7.10. The molecule has 120 valence electrons. The van der Waals surface area contributed by atoms with Crippen molar-refractivity contribution in [1.29, 1.82) is 0 Å². The lowest BCUT2D eigenvalue weighted by Crippen LogP contribution is -2.19. The Hall–Kier alpha value is -1.78. The van der Waals surface area contributed by atoms with Gasteiger partial charge in [-0.1, -0.05) is 12.1 Å². The van der Waals surface area contributed by atoms with Crippen molar-refractivity contribution in [2.45, 2.75) is 19.2 Å². The van der Waals surface area contributed by atoms with Gasteiger partial charge in [0, 0.05) is 10.1 Å². The molecule has 0 unspecified atom stereocenters. The van der Waals surface area contributed by atoms with Crippen LogP contribution in [-0.4, -0.2) is 42.4 Å². The van der Waals surface area contributed by atoms with Crippen LogP contribution in [0.4, 0.5) is 5.82 Å². The lowest BCUT2D eigenvalue weighted by Gasteiger charge is -2.09. The molecule has 0 radical (unpaired) electrons. The van der Waals surface area contributed by atoms with Crippen LogP contribution < -0.4 is 5.32 Å². The second kappa shape index (κ2) is 7.20. The summed E-state index contributed by atoms with van der Waals surface area (Å²) in [6, 6.07) is 8.20. The van der Waals surface area contributed by atoms with Crippen LogP contribution in [0.3, 0.4) is 0 Å². The molecule has 0 fully saturated rings. The maximum absolute atomic E-state index is 9.58. The molecular weight excluding hydrogens is 409 g/mol. The number of aliphatic hydroxyl groups is 2. The molecule has 1 atom stereocenters. The third-order valence-corrected chi connectivity index (χ3v) is 4.04. The van der Waals surface area contributed by atoms with Gasteiger partial charge in [-0.2, -0.15) is 0 Å². The van der Waals surface area contributed by atoms with Gasteiger partial charge in [0.25, 0.3) is 0 Å². The molecular formula is C15H16IN5O2. The predicted molar refractivity (Wildman–Crippen MR) is 94.9 cm³/mol. The molecule has 3 aromatic rings. The van der Waals surface area contributed by atoms with E-state index in [0.29, 0.717) is 23.5 Å². The third-order valence-electron chi connectivity index (χ3n) is 3.37. The molecule has 8 heteroatoms. The molecule has 0 saturated carbocycles. The highest BCUT2D eigenvalue weighted by molar-refractivity contribution is 14.1. The van der Waals surface area contributed by atoms with E-state index in [1.165, 1.54) is 9.90 Å². The minimum Gasteiger partial charge on any atom is -0.394 e. The fourth-order valence-electron chi connectivity index (χ4n) is 2.26. The molecule has 1 aromatic carbocycles. The van der Waals surface area contributed by atoms with E-state index < -0.39 is 6.10 Å². The Labute approximate surface area is 146 Å². The second-order valence-electron chi connectivity index (χ2n) is 5.11. The molecule has 0 aliphatic heterocycles. The lowest BCUT2D eigenvalue weighted by molar-refractivity contribution is 0.0820. The second-order valence-corrected chi connectivity index (χ2v) is 6.36. The van der Waals surface area contributed by atoms with E-state index in [1.54, 1.807) is 10.9 Å². The number of aromatic nitrogens is 4. The number of fused-ring (bicyclic) bond motifs is 1. The molecule has 2 aromatic heterocycles. The van der Waals surface area contributed by atoms with Crippen molar-refractivity contribution in [3.8, 4) is 0 Å². The van der Waals surface area contributed by atoms with Crippen LogP contribution in [0.15, 0.2) is 36.9 Å². The molecule has 7 nitrogen and oxygen atoms in total. The van der Waals surface area contributed by atoms with Crippen molar-refractivity contribution < 1.29 is 10.2 Å². The van der Waals surface area contributed by atoms with E-state index in [4.69, 9.17) is 5.11 Å². The van der Waals surface area contributed by atoms with Gasteiger partial charge in [-0.05, 0) is 40.3 Å². The van der Waals surface area contributed by atoms with E-state index in [-0.39, 0.29) is 13.2 Å². The zero-order valence-electron chi connectivity index (χ0n) is 12.2. The SMILES string of the molecule is OC[C@@H](O)Cn1cnc2c(NCc3cccc(I)c3)ncnc21. The zero-order valence-corrected chi connectivity index (χ0v) is 14.4. The number of aliphatic hydroxyl groups excluding tert-OH is 2. The van der Waals surface area contributed by atoms with Crippen molar-refractivity contribution in [3.63, 3.8) is 0 Å². The monoisotopic (exact) mass is 425 g/mol. The van der Waals surface area contributed by atoms with Gasteiger partial charge in [0.1, 0.15) is 11.8 Å². The summed E-state index contributed by atoms with van der Waals surface area (Å²) in [5.74, 6) is 0.645. The van der Waals surface area contributed by atoms with Crippen LogP contribution in [0.1, 0.15) is 5.56 Å². The van der Waals surface area contributed by atoms with Crippen molar-refractivity contribution >= 4 is 39.6 Å². The van der Waals surface area contributed by atoms with Crippen LogP contribution >= 0.6 is 22.6 Å². The summed E-state index contributed by atoms with van der Waals surface area (Å²) in [4.78, 5) is 12.8. The standard InChI is InChI=1S/C15H16IN5O2/c16-11-3-1-2-10(4-11)5-17-14-13-15(19-8-18-14)21(9-20-13)6-12(23)7-22/h1-4,8-9,12,22-23H,5-7H2,(H,17,18,19)/t12-/m0/s1. The molecule has 0 aliphatic carbocycles. The summed E-state index contributed by atoms with van der Waals surface area (Å²) in [6.07, 6.45) is 2.21. The Morgan fingerprint density at radius 1 is 1.26 bits per heavy atom. The Balaban J connectivity index is 1.81. The van der Waals surface area contributed by atoms with Gasteiger partial charge in [-0.3, -0.25) is 0 Å². The maximum atomic E-state index is 9.58. The van der Waals surface area contributed by atoms with E-state index in [0.717, 1.165) is 5.56 Å². The highest BCUT2D eigenvalue weighted by Crippen LogP contribution is 2.18. The largest absolute Gasteiger partial charge is 0.394 e. The zero-order chi connectivity index (χ0) is 16.2. The summed E-state index contributed by atoms with van der Waals surface area (Å²) in [5.41, 5.74) is 2.42. The van der Waals surface area contributed by atoms with Crippen LogP contribution in [-0.2, 0) is 13.1 Å². The molecule has 0 amide bonds. The van der Waals surface area contributed by atoms with Crippen molar-refractivity contribution in [2.24, 2.45) is 0 Å². The summed E-state index contributed by atoms with van der Waals surface area (Å²) in [7, 11) is 0. The van der Waals surface area contributed by atoms with Gasteiger partial charge >= 0.3 is 0 Å². The summed E-state index contributed by atoms with van der Waals surface area (Å²) in [6.45, 7) is 0.567. The minimum absolute atomic E-state index is 0.236. The number of hydrogen-bond acceptors (Lipinski definition) is 6. The minimum atomic E-state index is -0.842. The van der Waals surface area contributed by atoms with Crippen LogP contribution in [0.25, 0.3) is 11.2 Å². The highest BCUT2D eigenvalue weighted by Gasteiger charge is 2.12. The molecule has 0 saturated heterocycles. The average Bonchev–Trinajstić information content (AvgIpc) is 2.96. The number of benzene rings is 1. The number of nitrogens with one attached hydrogen (secondary N) is 1. The van der Waals surface area contributed by atoms with Gasteiger partial charge in [0.2, 0.25) is 0 Å². The Morgan fingerprint density at radius 3 is 2.91 bits per heavy atom. The molecule has 0 bridgehead atoms. The van der Waals surface area contributed by atoms with Gasteiger partial charge in [-0.25, -0.2) is 15.0 Å². The topological polar surface area (TPSA) is 96.1 Å². The first-order chi connectivity index (χ1) is 11.2. The van der Waals surface area contributed by atoms with Crippen molar-refractivity contribution in [3.05, 3.63) is 46.1 Å². The molecule has 0 aliphatic rings. The van der Waals surface area contributed by atoms with Crippen LogP contribution in [0, 0.1) is 3.57 Å². The Bertz CT molecular complexity index is 807. The van der Waals surface area contributed by atoms with Gasteiger partial charge < -0.3 is 20.1 Å². The summed E-state index contributed by atoms with van der Waals surface area (Å²) >= 11 is 2.28. The summed E-state index contributed by atoms with van der Waals surface area (Å²) < 4.78 is 2.88. The molecule has 2 heterocycles. The van der Waals surface area contributed by atoms with Crippen LogP contribution in [0.2, 0.25) is 0 Å². The Kier molecular flexibility index (Phi) is 5.03. The number of hydrogen-bond donors (Lipinski definition) is 3. The number of halogens is 1. The molecule has 0 spiro atoms. The normalized spacial score (nSPS) is 12.5. The summed E-state index contributed by atoms with van der Waals surface area (Å²) in [5, 5.41) is 21.8. The lowest BCUT2D eigenvalue weighted by atomic mass is 10.2. The quantitative estimate of drug-likeness (QED) is 0.517. The first-order valence-corrected chi connectivity index (χ1v) is 8.18. The average molecular weight is 425 g/mol. The van der Waals surface area contributed by atoms with Gasteiger partial charge in [-0.15, -0.1) is 0 Å². The first kappa shape index (κ1) is 16.1. The van der Waals surface area contributed by atoms with E-state index in [9.17, 15) is 5.11 Å². The van der Waals surface area contributed by atoms with E-state index in [2.05, 4.69) is 48.9 Å². The maximum Gasteiger partial charge on any atom is 0.165 e. The number of nitrogens with zero attached hydrogens (tertiary/aromatic N) is 4. The molecule has 23 heavy (non-hydrogen) atoms.